The quantitative estimate of drug-likeness (QED) is 0.148. The summed E-state index contributed by atoms with van der Waals surface area (Å²) in [5.41, 5.74) is 11.8. The predicted octanol–water partition coefficient (Wildman–Crippen LogP) is 13.6. The molecule has 0 amide bonds. The molecule has 4 aromatic rings. The molecule has 286 valence electrons. The first-order chi connectivity index (χ1) is 22.7. The molecule has 4 rings (SSSR count). The Morgan fingerprint density at radius 1 is 0.442 bits per heavy atom. The van der Waals surface area contributed by atoms with Crippen molar-refractivity contribution in [3.8, 4) is 0 Å². The average molecular weight is 1050 g/mol. The molecule has 0 aliphatic rings. The molecular weight excluding hydrogens is 978 g/mol. The Morgan fingerprint density at radius 2 is 0.692 bits per heavy atom. The van der Waals surface area contributed by atoms with E-state index >= 15 is 0 Å². The summed E-state index contributed by atoms with van der Waals surface area (Å²) < 4.78 is 9.64. The molecule has 52 heavy (non-hydrogen) atoms. The van der Waals surface area contributed by atoms with Gasteiger partial charge in [0.1, 0.15) is 0 Å². The van der Waals surface area contributed by atoms with Crippen molar-refractivity contribution < 1.29 is 80.8 Å². The van der Waals surface area contributed by atoms with Crippen LogP contribution < -0.4 is 9.97 Å². The van der Waals surface area contributed by atoms with Gasteiger partial charge in [0, 0.05) is 0 Å². The van der Waals surface area contributed by atoms with Crippen LogP contribution in [0.15, 0.2) is 60.9 Å². The first-order valence-electron chi connectivity index (χ1n) is 17.9. The fourth-order valence-corrected chi connectivity index (χ4v) is 22.1. The summed E-state index contributed by atoms with van der Waals surface area (Å²) in [7, 11) is -4.42. The third kappa shape index (κ3) is 26.0. The van der Waals surface area contributed by atoms with Crippen LogP contribution in [0.3, 0.4) is 0 Å². The van der Waals surface area contributed by atoms with Crippen LogP contribution in [0.1, 0.15) is 44.8 Å². The molecule has 2 aromatic heterocycles. The molecule has 2 aromatic carbocycles. The van der Waals surface area contributed by atoms with E-state index in [1.807, 2.05) is 24.3 Å². The van der Waals surface area contributed by atoms with Gasteiger partial charge in [-0.25, -0.2) is 0 Å². The molecule has 0 fully saturated rings. The van der Waals surface area contributed by atoms with Crippen LogP contribution in [0, 0.1) is 122 Å². The fourth-order valence-electron chi connectivity index (χ4n) is 6.04. The third-order valence-electron chi connectivity index (χ3n) is 6.64. The minimum Gasteiger partial charge on any atom is -0.682 e. The molecule has 2 heterocycles. The standard InChI is InChI=1S/2C14H16N2.2C6H18NSi2.2Sm/c2*1-10-7-11(2)14(12(3)8-10)16-9-13-5-4-6-15-13;2*1-8(2,3)7-9(4,5)6;;/h2*4-8H,9H2,1-3H3;2*1-6H3;;/q2*-2;2*-1;2*+3. The van der Waals surface area contributed by atoms with E-state index in [0.29, 0.717) is 13.1 Å². The maximum absolute atomic E-state index is 4.82. The Morgan fingerprint density at radius 3 is 0.865 bits per heavy atom. The molecule has 0 atom stereocenters. The fraction of sp³-hybridized carbons (Fsp3) is 0.500. The van der Waals surface area contributed by atoms with Gasteiger partial charge in [0.2, 0.25) is 0 Å². The van der Waals surface area contributed by atoms with Crippen molar-refractivity contribution in [1.29, 1.82) is 0 Å². The van der Waals surface area contributed by atoms with Gasteiger partial charge >= 0.3 is 80.8 Å². The molecule has 0 aliphatic heterocycles. The minimum absolute atomic E-state index is 0. The Labute approximate surface area is 389 Å². The number of hydrogen-bond donors (Lipinski definition) is 0. The Kier molecular flexibility index (Phi) is 25.7. The second kappa shape index (κ2) is 24.6. The van der Waals surface area contributed by atoms with Crippen molar-refractivity contribution in [2.75, 3.05) is 0 Å². The normalized spacial score (nSPS) is 11.3. The van der Waals surface area contributed by atoms with Crippen molar-refractivity contribution in [3.05, 3.63) is 126 Å². The van der Waals surface area contributed by atoms with Gasteiger partial charge in [-0.15, -0.1) is 24.5 Å². The summed E-state index contributed by atoms with van der Waals surface area (Å²) in [6, 6.07) is 16.6. The van der Waals surface area contributed by atoms with Crippen LogP contribution in [0.25, 0.3) is 19.9 Å². The van der Waals surface area contributed by atoms with Gasteiger partial charge in [-0.2, -0.15) is 23.8 Å². The minimum atomic E-state index is -1.11. The first kappa shape index (κ1) is 54.2. The number of benzene rings is 2. The van der Waals surface area contributed by atoms with E-state index in [1.165, 1.54) is 33.4 Å². The number of hydrogen-bond acceptors (Lipinski definition) is 0. The number of aromatic nitrogens is 2. The van der Waals surface area contributed by atoms with Crippen LogP contribution >= 0.6 is 0 Å². The van der Waals surface area contributed by atoms with Crippen LogP contribution in [-0.2, 0) is 13.1 Å². The molecule has 0 spiro atoms. The smallest absolute Gasteiger partial charge is 0.682 e. The molecule has 0 unspecified atom stereocenters. The van der Waals surface area contributed by atoms with E-state index in [0.717, 1.165) is 22.8 Å². The molecule has 0 saturated carbocycles. The average Bonchev–Trinajstić information content (AvgIpc) is 3.59. The Balaban J connectivity index is 0. The zero-order valence-electron chi connectivity index (χ0n) is 35.7. The van der Waals surface area contributed by atoms with E-state index in [9.17, 15) is 0 Å². The van der Waals surface area contributed by atoms with Crippen LogP contribution in [0.2, 0.25) is 78.6 Å². The van der Waals surface area contributed by atoms with Crippen molar-refractivity contribution in [1.82, 2.24) is 9.97 Å². The topological polar surface area (TPSA) is 84.6 Å². The van der Waals surface area contributed by atoms with Gasteiger partial charge < -0.3 is 29.9 Å². The molecule has 2 radical (unpaired) electrons. The summed E-state index contributed by atoms with van der Waals surface area (Å²) in [5, 5.41) is 9.25. The Hall–Kier alpha value is 0.0629. The predicted molar refractivity (Wildman–Crippen MR) is 234 cm³/mol. The molecule has 12 heteroatoms. The monoisotopic (exact) mass is 1050 g/mol. The summed E-state index contributed by atoms with van der Waals surface area (Å²) in [5.74, 6) is 0. The van der Waals surface area contributed by atoms with Gasteiger partial charge in [-0.3, -0.25) is 0 Å². The molecule has 0 aliphatic carbocycles. The zero-order chi connectivity index (χ0) is 38.5. The largest absolute Gasteiger partial charge is 3.00 e. The van der Waals surface area contributed by atoms with Crippen molar-refractivity contribution in [2.45, 2.75) is 133 Å². The third-order valence-corrected chi connectivity index (χ3v) is 17.4. The van der Waals surface area contributed by atoms with E-state index < -0.39 is 32.9 Å². The summed E-state index contributed by atoms with van der Waals surface area (Å²) in [4.78, 5) is 8.43. The van der Waals surface area contributed by atoms with Crippen molar-refractivity contribution >= 4 is 44.3 Å². The molecule has 0 bridgehead atoms. The summed E-state index contributed by atoms with van der Waals surface area (Å²) in [6.07, 6.45) is 3.61. The first-order valence-corrected chi connectivity index (χ1v) is 31.7. The maximum atomic E-state index is 4.82. The van der Waals surface area contributed by atoms with Crippen LogP contribution in [0.5, 0.6) is 0 Å². The van der Waals surface area contributed by atoms with Gasteiger partial charge in [0.15, 0.2) is 0 Å². The number of nitrogens with zero attached hydrogens (tertiary/aromatic N) is 6. The molecule has 0 N–H and O–H groups in total. The second-order valence-corrected chi connectivity index (χ2v) is 36.4. The van der Waals surface area contributed by atoms with Crippen LogP contribution in [-0.4, -0.2) is 32.9 Å². The van der Waals surface area contributed by atoms with Gasteiger partial charge in [0.05, 0.1) is 0 Å². The van der Waals surface area contributed by atoms with E-state index in [-0.39, 0.29) is 80.8 Å². The SMILES string of the molecule is C[Si](C)(C)[N-][Si](C)(C)C.C[Si](C)(C)[N-][Si](C)(C)C.Cc1cc(C)c([N-]Cc2ccc[n-]2)c(C)c1.Cc1cc(C)c([N-]Cc2ccc[n-]2)c(C)c1.[Sm+3].[Sm+3]. The Bertz CT molecular complexity index is 1360. The molecular formula is C40H68N6Si4Sm2. The van der Waals surface area contributed by atoms with E-state index in [4.69, 9.17) is 9.30 Å². The maximum Gasteiger partial charge on any atom is 3.00 e. The second-order valence-electron chi connectivity index (χ2n) is 17.3. The van der Waals surface area contributed by atoms with Crippen molar-refractivity contribution in [3.63, 3.8) is 0 Å². The summed E-state index contributed by atoms with van der Waals surface area (Å²) in [6.45, 7) is 41.6. The van der Waals surface area contributed by atoms with E-state index in [1.54, 1.807) is 12.4 Å². The van der Waals surface area contributed by atoms with Gasteiger partial charge in [-0.05, 0) is 41.5 Å². The van der Waals surface area contributed by atoms with Crippen LogP contribution in [0.4, 0.5) is 11.4 Å². The number of rotatable bonds is 10. The summed E-state index contributed by atoms with van der Waals surface area (Å²) >= 11 is 0. The molecule has 6 nitrogen and oxygen atoms in total. The zero-order valence-corrected chi connectivity index (χ0v) is 44.9. The van der Waals surface area contributed by atoms with Gasteiger partial charge in [0.25, 0.3) is 0 Å². The number of aryl methyl sites for hydroxylation is 6. The van der Waals surface area contributed by atoms with E-state index in [2.05, 4.69) is 165 Å². The van der Waals surface area contributed by atoms with Gasteiger partial charge in [-0.1, -0.05) is 193 Å². The van der Waals surface area contributed by atoms with Crippen molar-refractivity contribution in [2.24, 2.45) is 0 Å². The molecule has 0 saturated heterocycles.